The SMILES string of the molecule is CC(=O)CC(=O)C(CO)(CO)CCCO. The predicted octanol–water partition coefficient (Wildman–Crippen LogP) is -0.722. The molecule has 0 rings (SSSR count). The first-order valence-corrected chi connectivity index (χ1v) is 4.87. The molecular weight excluding hydrogens is 200 g/mol. The summed E-state index contributed by atoms with van der Waals surface area (Å²) in [5.41, 5.74) is -1.28. The van der Waals surface area contributed by atoms with Crippen LogP contribution in [0.2, 0.25) is 0 Å². The molecule has 5 nitrogen and oxygen atoms in total. The Hall–Kier alpha value is -0.780. The van der Waals surface area contributed by atoms with Crippen molar-refractivity contribution in [3.63, 3.8) is 0 Å². The van der Waals surface area contributed by atoms with Gasteiger partial charge in [0.15, 0.2) is 5.78 Å². The molecule has 0 saturated carbocycles. The van der Waals surface area contributed by atoms with Crippen molar-refractivity contribution in [3.05, 3.63) is 0 Å². The van der Waals surface area contributed by atoms with Crippen LogP contribution in [0.15, 0.2) is 0 Å². The van der Waals surface area contributed by atoms with Crippen LogP contribution in [0.1, 0.15) is 26.2 Å². The van der Waals surface area contributed by atoms with E-state index in [1.54, 1.807) is 0 Å². The molecule has 0 unspecified atom stereocenters. The number of carbonyl (C=O) groups excluding carboxylic acids is 2. The maximum Gasteiger partial charge on any atom is 0.150 e. The first kappa shape index (κ1) is 14.2. The van der Waals surface area contributed by atoms with Crippen LogP contribution in [0.4, 0.5) is 0 Å². The molecular formula is C10H18O5. The van der Waals surface area contributed by atoms with Gasteiger partial charge in [-0.15, -0.1) is 0 Å². The van der Waals surface area contributed by atoms with Gasteiger partial charge >= 0.3 is 0 Å². The Morgan fingerprint density at radius 2 is 1.67 bits per heavy atom. The Kier molecular flexibility index (Phi) is 6.31. The van der Waals surface area contributed by atoms with Gasteiger partial charge in [0.1, 0.15) is 5.78 Å². The summed E-state index contributed by atoms with van der Waals surface area (Å²) in [5.74, 6) is -0.760. The van der Waals surface area contributed by atoms with E-state index in [1.165, 1.54) is 6.92 Å². The van der Waals surface area contributed by atoms with Crippen molar-refractivity contribution in [2.75, 3.05) is 19.8 Å². The van der Waals surface area contributed by atoms with Gasteiger partial charge < -0.3 is 15.3 Å². The van der Waals surface area contributed by atoms with Gasteiger partial charge in [-0.05, 0) is 19.8 Å². The van der Waals surface area contributed by atoms with Gasteiger partial charge in [0.05, 0.1) is 25.0 Å². The van der Waals surface area contributed by atoms with Crippen LogP contribution in [0.3, 0.4) is 0 Å². The zero-order valence-corrected chi connectivity index (χ0v) is 8.90. The number of rotatable bonds is 8. The molecule has 0 aromatic carbocycles. The van der Waals surface area contributed by atoms with E-state index in [4.69, 9.17) is 15.3 Å². The smallest absolute Gasteiger partial charge is 0.150 e. The summed E-state index contributed by atoms with van der Waals surface area (Å²) in [7, 11) is 0. The number of aliphatic hydroxyl groups is 3. The van der Waals surface area contributed by atoms with E-state index in [1.807, 2.05) is 0 Å². The van der Waals surface area contributed by atoms with Crippen LogP contribution < -0.4 is 0 Å². The molecule has 0 aliphatic carbocycles. The lowest BCUT2D eigenvalue weighted by atomic mass is 9.79. The van der Waals surface area contributed by atoms with Crippen molar-refractivity contribution in [2.45, 2.75) is 26.2 Å². The fraction of sp³-hybridized carbons (Fsp3) is 0.800. The van der Waals surface area contributed by atoms with E-state index < -0.39 is 24.4 Å². The molecule has 0 aliphatic heterocycles. The number of ketones is 2. The fourth-order valence-corrected chi connectivity index (χ4v) is 1.35. The molecule has 3 N–H and O–H groups in total. The third-order valence-corrected chi connectivity index (χ3v) is 2.42. The van der Waals surface area contributed by atoms with E-state index in [2.05, 4.69) is 0 Å². The molecule has 0 aromatic rings. The number of hydrogen-bond donors (Lipinski definition) is 3. The quantitative estimate of drug-likeness (QED) is 0.467. The Labute approximate surface area is 88.7 Å². The van der Waals surface area contributed by atoms with Gasteiger partial charge in [-0.2, -0.15) is 0 Å². The molecule has 0 amide bonds. The largest absolute Gasteiger partial charge is 0.396 e. The van der Waals surface area contributed by atoms with Gasteiger partial charge in [0, 0.05) is 6.61 Å². The Morgan fingerprint density at radius 1 is 1.13 bits per heavy atom. The van der Waals surface area contributed by atoms with E-state index in [9.17, 15) is 9.59 Å². The van der Waals surface area contributed by atoms with Crippen molar-refractivity contribution in [1.29, 1.82) is 0 Å². The van der Waals surface area contributed by atoms with Crippen molar-refractivity contribution >= 4 is 11.6 Å². The second-order valence-corrected chi connectivity index (χ2v) is 3.73. The Morgan fingerprint density at radius 3 is 2.00 bits per heavy atom. The molecule has 0 aromatic heterocycles. The highest BCUT2D eigenvalue weighted by Crippen LogP contribution is 2.25. The normalized spacial score (nSPS) is 11.5. The summed E-state index contributed by atoms with van der Waals surface area (Å²) in [6.07, 6.45) is 0.208. The summed E-state index contributed by atoms with van der Waals surface area (Å²) in [5, 5.41) is 26.9. The molecule has 0 spiro atoms. The van der Waals surface area contributed by atoms with Crippen molar-refractivity contribution in [1.82, 2.24) is 0 Å². The van der Waals surface area contributed by atoms with E-state index >= 15 is 0 Å². The molecule has 88 valence electrons. The first-order valence-electron chi connectivity index (χ1n) is 4.87. The number of Topliss-reactive ketones (excluding diaryl/α,β-unsaturated/α-hetero) is 2. The lowest BCUT2D eigenvalue weighted by molar-refractivity contribution is -0.137. The number of carbonyl (C=O) groups is 2. The predicted molar refractivity (Wildman–Crippen MR) is 53.2 cm³/mol. The maximum absolute atomic E-state index is 11.6. The average molecular weight is 218 g/mol. The minimum absolute atomic E-state index is 0.116. The van der Waals surface area contributed by atoms with Crippen LogP contribution in [-0.2, 0) is 9.59 Å². The van der Waals surface area contributed by atoms with Gasteiger partial charge in [-0.25, -0.2) is 0 Å². The molecule has 0 atom stereocenters. The van der Waals surface area contributed by atoms with E-state index in [0.717, 1.165) is 0 Å². The summed E-state index contributed by atoms with van der Waals surface area (Å²) in [6.45, 7) is 0.157. The fourth-order valence-electron chi connectivity index (χ4n) is 1.35. The summed E-state index contributed by atoms with van der Waals surface area (Å²) in [4.78, 5) is 22.4. The van der Waals surface area contributed by atoms with Crippen LogP contribution in [-0.4, -0.2) is 46.7 Å². The zero-order chi connectivity index (χ0) is 11.9. The number of hydrogen-bond acceptors (Lipinski definition) is 5. The minimum Gasteiger partial charge on any atom is -0.396 e. The van der Waals surface area contributed by atoms with E-state index in [-0.39, 0.29) is 25.2 Å². The summed E-state index contributed by atoms with van der Waals surface area (Å²) >= 11 is 0. The molecule has 0 bridgehead atoms. The molecule has 0 radical (unpaired) electrons. The van der Waals surface area contributed by atoms with Gasteiger partial charge in [-0.1, -0.05) is 0 Å². The second kappa shape index (κ2) is 6.66. The van der Waals surface area contributed by atoms with Crippen LogP contribution in [0.25, 0.3) is 0 Å². The maximum atomic E-state index is 11.6. The Balaban J connectivity index is 4.59. The van der Waals surface area contributed by atoms with Gasteiger partial charge in [0.2, 0.25) is 0 Å². The standard InChI is InChI=1S/C10H18O5/c1-8(14)5-9(15)10(6-12,7-13)3-2-4-11/h11-13H,2-7H2,1H3. The molecule has 0 heterocycles. The average Bonchev–Trinajstić information content (AvgIpc) is 2.19. The highest BCUT2D eigenvalue weighted by atomic mass is 16.3. The van der Waals surface area contributed by atoms with Crippen molar-refractivity contribution < 1.29 is 24.9 Å². The first-order chi connectivity index (χ1) is 7.02. The van der Waals surface area contributed by atoms with Crippen LogP contribution in [0, 0.1) is 5.41 Å². The Bertz CT molecular complexity index is 220. The molecule has 0 fully saturated rings. The number of aliphatic hydroxyl groups excluding tert-OH is 3. The third kappa shape index (κ3) is 4.07. The monoisotopic (exact) mass is 218 g/mol. The lowest BCUT2D eigenvalue weighted by Crippen LogP contribution is -2.39. The molecule has 0 saturated heterocycles. The second-order valence-electron chi connectivity index (χ2n) is 3.73. The summed E-state index contributed by atoms with van der Waals surface area (Å²) in [6, 6.07) is 0. The topological polar surface area (TPSA) is 94.8 Å². The molecule has 0 aliphatic rings. The zero-order valence-electron chi connectivity index (χ0n) is 8.90. The van der Waals surface area contributed by atoms with Gasteiger partial charge in [0.25, 0.3) is 0 Å². The van der Waals surface area contributed by atoms with Crippen molar-refractivity contribution in [2.24, 2.45) is 5.41 Å². The van der Waals surface area contributed by atoms with Crippen LogP contribution >= 0.6 is 0 Å². The van der Waals surface area contributed by atoms with E-state index in [0.29, 0.717) is 6.42 Å². The highest BCUT2D eigenvalue weighted by Gasteiger charge is 2.36. The summed E-state index contributed by atoms with van der Waals surface area (Å²) < 4.78 is 0. The highest BCUT2D eigenvalue weighted by molar-refractivity contribution is 6.00. The van der Waals surface area contributed by atoms with Gasteiger partial charge in [-0.3, -0.25) is 9.59 Å². The van der Waals surface area contributed by atoms with Crippen LogP contribution in [0.5, 0.6) is 0 Å². The van der Waals surface area contributed by atoms with Crippen molar-refractivity contribution in [3.8, 4) is 0 Å². The lowest BCUT2D eigenvalue weighted by Gasteiger charge is -2.27. The molecule has 15 heavy (non-hydrogen) atoms. The molecule has 5 heteroatoms. The minimum atomic E-state index is -1.28. The third-order valence-electron chi connectivity index (χ3n) is 2.42.